The molecule has 0 aliphatic rings. The minimum absolute atomic E-state index is 0.0250. The Hall–Kier alpha value is -2.38. The SMILES string of the molecule is CC[NH+](CC(=O)Nc1ccccc1OC)CC(=O)N[C@@H](C)c1cccs1. The number of hydrogen-bond donors (Lipinski definition) is 3. The summed E-state index contributed by atoms with van der Waals surface area (Å²) in [7, 11) is 1.56. The number of carbonyl (C=O) groups is 2. The van der Waals surface area contributed by atoms with Crippen LogP contribution in [0.2, 0.25) is 0 Å². The summed E-state index contributed by atoms with van der Waals surface area (Å²) in [5.41, 5.74) is 0.631. The predicted molar refractivity (Wildman–Crippen MR) is 104 cm³/mol. The molecule has 3 N–H and O–H groups in total. The fourth-order valence-corrected chi connectivity index (χ4v) is 3.34. The highest BCUT2D eigenvalue weighted by atomic mass is 32.1. The van der Waals surface area contributed by atoms with Crippen molar-refractivity contribution < 1.29 is 19.2 Å². The lowest BCUT2D eigenvalue weighted by molar-refractivity contribution is -0.881. The van der Waals surface area contributed by atoms with Gasteiger partial charge in [-0.1, -0.05) is 18.2 Å². The van der Waals surface area contributed by atoms with Gasteiger partial charge in [0.2, 0.25) is 0 Å². The molecule has 1 aromatic heterocycles. The van der Waals surface area contributed by atoms with Crippen molar-refractivity contribution in [1.82, 2.24) is 5.32 Å². The maximum atomic E-state index is 12.3. The highest BCUT2D eigenvalue weighted by Crippen LogP contribution is 2.22. The van der Waals surface area contributed by atoms with E-state index in [1.807, 2.05) is 43.5 Å². The van der Waals surface area contributed by atoms with Gasteiger partial charge in [-0.25, -0.2) is 0 Å². The van der Waals surface area contributed by atoms with E-state index >= 15 is 0 Å². The fourth-order valence-electron chi connectivity index (χ4n) is 2.61. The number of anilines is 1. The van der Waals surface area contributed by atoms with Crippen molar-refractivity contribution >= 4 is 28.8 Å². The van der Waals surface area contributed by atoms with Gasteiger partial charge in [-0.3, -0.25) is 9.59 Å². The van der Waals surface area contributed by atoms with E-state index in [9.17, 15) is 9.59 Å². The Morgan fingerprint density at radius 3 is 2.54 bits per heavy atom. The van der Waals surface area contributed by atoms with Crippen molar-refractivity contribution in [2.45, 2.75) is 19.9 Å². The van der Waals surface area contributed by atoms with Crippen molar-refractivity contribution in [3.05, 3.63) is 46.7 Å². The highest BCUT2D eigenvalue weighted by Gasteiger charge is 2.19. The number of nitrogens with one attached hydrogen (secondary N) is 3. The molecule has 0 aliphatic carbocycles. The number of methoxy groups -OCH3 is 1. The molecule has 0 fully saturated rings. The average Bonchev–Trinajstić information content (AvgIpc) is 3.16. The molecule has 0 spiro atoms. The molecule has 6 nitrogen and oxygen atoms in total. The Balaban J connectivity index is 1.86. The first kappa shape index (κ1) is 19.9. The van der Waals surface area contributed by atoms with E-state index in [4.69, 9.17) is 4.74 Å². The van der Waals surface area contributed by atoms with Crippen LogP contribution in [0.1, 0.15) is 24.8 Å². The van der Waals surface area contributed by atoms with Gasteiger partial charge in [0.1, 0.15) is 5.75 Å². The third-order valence-electron chi connectivity index (χ3n) is 4.05. The molecule has 0 bridgehead atoms. The van der Waals surface area contributed by atoms with Crippen LogP contribution < -0.4 is 20.3 Å². The van der Waals surface area contributed by atoms with E-state index in [0.717, 1.165) is 9.78 Å². The standard InChI is InChI=1S/C19H25N3O3S/c1-4-22(12-18(23)20-14(2)17-10-7-11-26-17)13-19(24)21-15-8-5-6-9-16(15)25-3/h5-11,14H,4,12-13H2,1-3H3,(H,20,23)(H,21,24)/p+1/t14-/m0/s1. The summed E-state index contributed by atoms with van der Waals surface area (Å²) in [6, 6.07) is 11.2. The largest absolute Gasteiger partial charge is 0.495 e. The molecule has 26 heavy (non-hydrogen) atoms. The number of amides is 2. The van der Waals surface area contributed by atoms with Crippen LogP contribution in [0, 0.1) is 0 Å². The Morgan fingerprint density at radius 1 is 1.15 bits per heavy atom. The van der Waals surface area contributed by atoms with Gasteiger partial charge in [0, 0.05) is 4.88 Å². The van der Waals surface area contributed by atoms with Gasteiger partial charge in [0.25, 0.3) is 11.8 Å². The molecule has 1 heterocycles. The number of benzene rings is 1. The molecule has 140 valence electrons. The van der Waals surface area contributed by atoms with Crippen LogP contribution in [0.25, 0.3) is 0 Å². The lowest BCUT2D eigenvalue weighted by Crippen LogP contribution is -3.14. The Labute approximate surface area is 158 Å². The van der Waals surface area contributed by atoms with Gasteiger partial charge in [0.15, 0.2) is 13.1 Å². The fraction of sp³-hybridized carbons (Fsp3) is 0.368. The van der Waals surface area contributed by atoms with E-state index in [1.165, 1.54) is 0 Å². The van der Waals surface area contributed by atoms with Gasteiger partial charge >= 0.3 is 0 Å². The van der Waals surface area contributed by atoms with Crippen LogP contribution in [-0.4, -0.2) is 38.6 Å². The smallest absolute Gasteiger partial charge is 0.279 e. The molecule has 1 unspecified atom stereocenters. The second kappa shape index (κ2) is 9.94. The van der Waals surface area contributed by atoms with Crippen molar-refractivity contribution in [1.29, 1.82) is 0 Å². The number of thiophene rings is 1. The Morgan fingerprint density at radius 2 is 1.88 bits per heavy atom. The number of para-hydroxylation sites is 2. The molecule has 0 saturated heterocycles. The number of likely N-dealkylation sites (N-methyl/N-ethyl adjacent to an activating group) is 1. The first-order valence-corrected chi connectivity index (χ1v) is 9.50. The quantitative estimate of drug-likeness (QED) is 0.621. The van der Waals surface area contributed by atoms with Gasteiger partial charge in [-0.15, -0.1) is 11.3 Å². The number of hydrogen-bond acceptors (Lipinski definition) is 4. The normalized spacial score (nSPS) is 12.9. The van der Waals surface area contributed by atoms with Gasteiger partial charge < -0.3 is 20.3 Å². The average molecular weight is 377 g/mol. The van der Waals surface area contributed by atoms with Crippen LogP contribution in [0.4, 0.5) is 5.69 Å². The summed E-state index contributed by atoms with van der Waals surface area (Å²) < 4.78 is 5.24. The van der Waals surface area contributed by atoms with E-state index in [0.29, 0.717) is 18.0 Å². The van der Waals surface area contributed by atoms with E-state index < -0.39 is 0 Å². The van der Waals surface area contributed by atoms with Crippen LogP contribution in [-0.2, 0) is 9.59 Å². The number of rotatable bonds is 9. The molecule has 1 aromatic carbocycles. The third kappa shape index (κ3) is 5.86. The second-order valence-electron chi connectivity index (χ2n) is 6.01. The van der Waals surface area contributed by atoms with Crippen LogP contribution in [0.3, 0.4) is 0 Å². The summed E-state index contributed by atoms with van der Waals surface area (Å²) in [6.07, 6.45) is 0. The second-order valence-corrected chi connectivity index (χ2v) is 6.99. The highest BCUT2D eigenvalue weighted by molar-refractivity contribution is 7.10. The first-order valence-electron chi connectivity index (χ1n) is 8.62. The molecule has 7 heteroatoms. The minimum Gasteiger partial charge on any atom is -0.495 e. The van der Waals surface area contributed by atoms with Crippen molar-refractivity contribution in [2.75, 3.05) is 32.1 Å². The van der Waals surface area contributed by atoms with Crippen LogP contribution in [0.5, 0.6) is 5.75 Å². The summed E-state index contributed by atoms with van der Waals surface area (Å²) in [4.78, 5) is 26.6. The van der Waals surface area contributed by atoms with Crippen molar-refractivity contribution in [3.63, 3.8) is 0 Å². The molecular formula is C19H26N3O3S+. The molecule has 0 saturated carbocycles. The topological polar surface area (TPSA) is 71.9 Å². The van der Waals surface area contributed by atoms with E-state index in [1.54, 1.807) is 30.6 Å². The third-order valence-corrected chi connectivity index (χ3v) is 5.10. The number of ether oxygens (including phenoxy) is 1. The maximum absolute atomic E-state index is 12.3. The number of carbonyl (C=O) groups excluding carboxylic acids is 2. The maximum Gasteiger partial charge on any atom is 0.279 e. The first-order chi connectivity index (χ1) is 12.5. The lowest BCUT2D eigenvalue weighted by atomic mass is 10.2. The summed E-state index contributed by atoms with van der Waals surface area (Å²) >= 11 is 1.62. The molecule has 2 aromatic rings. The zero-order valence-electron chi connectivity index (χ0n) is 15.4. The van der Waals surface area contributed by atoms with E-state index in [-0.39, 0.29) is 30.9 Å². The Kier molecular flexibility index (Phi) is 7.62. The summed E-state index contributed by atoms with van der Waals surface area (Å²) in [5.74, 6) is 0.403. The van der Waals surface area contributed by atoms with Gasteiger partial charge in [-0.2, -0.15) is 0 Å². The van der Waals surface area contributed by atoms with Crippen LogP contribution in [0.15, 0.2) is 41.8 Å². The molecule has 2 amide bonds. The summed E-state index contributed by atoms with van der Waals surface area (Å²) in [6.45, 7) is 5.08. The monoisotopic (exact) mass is 376 g/mol. The molecule has 0 aliphatic heterocycles. The Bertz CT molecular complexity index is 719. The molecule has 2 atom stereocenters. The zero-order chi connectivity index (χ0) is 18.9. The van der Waals surface area contributed by atoms with Crippen molar-refractivity contribution in [2.24, 2.45) is 0 Å². The zero-order valence-corrected chi connectivity index (χ0v) is 16.2. The molecule has 2 rings (SSSR count). The minimum atomic E-state index is -0.148. The van der Waals surface area contributed by atoms with Crippen molar-refractivity contribution in [3.8, 4) is 5.75 Å². The lowest BCUT2D eigenvalue weighted by Gasteiger charge is -2.19. The predicted octanol–water partition coefficient (Wildman–Crippen LogP) is 1.48. The number of quaternary nitrogens is 1. The van der Waals surface area contributed by atoms with Gasteiger partial charge in [-0.05, 0) is 37.4 Å². The molecular weight excluding hydrogens is 350 g/mol. The summed E-state index contributed by atoms with van der Waals surface area (Å²) in [5, 5.41) is 7.82. The molecule has 0 radical (unpaired) electrons. The van der Waals surface area contributed by atoms with Crippen LogP contribution >= 0.6 is 11.3 Å². The van der Waals surface area contributed by atoms with E-state index in [2.05, 4.69) is 10.6 Å². The van der Waals surface area contributed by atoms with Gasteiger partial charge in [0.05, 0.1) is 25.4 Å².